The molecule has 8 heteroatoms. The Kier molecular flexibility index (Phi) is 4.12. The highest BCUT2D eigenvalue weighted by Gasteiger charge is 2.20. The quantitative estimate of drug-likeness (QED) is 0.912. The van der Waals surface area contributed by atoms with Crippen molar-refractivity contribution in [3.05, 3.63) is 42.5 Å². The van der Waals surface area contributed by atoms with Crippen molar-refractivity contribution < 1.29 is 17.5 Å². The van der Waals surface area contributed by atoms with Crippen LogP contribution in [-0.4, -0.2) is 30.9 Å². The summed E-state index contributed by atoms with van der Waals surface area (Å²) in [5.41, 5.74) is 0.293. The van der Waals surface area contributed by atoms with E-state index in [0.717, 1.165) is 25.5 Å². The number of benzene rings is 1. The van der Waals surface area contributed by atoms with Gasteiger partial charge < -0.3 is 4.74 Å². The standard InChI is InChI=1S/C14H16FN3O3S/c15-13-5-1-2-6-14(13)22(19,20)17-11-8-16-18(9-11)10-12-4-3-7-21-12/h1-2,5-6,8-9,12,17H,3-4,7,10H2/t12-/m0/s1. The van der Waals surface area contributed by atoms with Gasteiger partial charge in [-0.2, -0.15) is 5.10 Å². The first kappa shape index (κ1) is 15.0. The molecule has 1 aliphatic rings. The lowest BCUT2D eigenvalue weighted by Crippen LogP contribution is -2.15. The van der Waals surface area contributed by atoms with E-state index in [1.807, 2.05) is 0 Å². The summed E-state index contributed by atoms with van der Waals surface area (Å²) in [6.45, 7) is 1.32. The van der Waals surface area contributed by atoms with Crippen molar-refractivity contribution >= 4 is 15.7 Å². The molecule has 1 atom stereocenters. The third kappa shape index (κ3) is 3.28. The lowest BCUT2D eigenvalue weighted by Gasteiger charge is -2.09. The minimum atomic E-state index is -3.97. The molecule has 6 nitrogen and oxygen atoms in total. The van der Waals surface area contributed by atoms with E-state index in [1.54, 1.807) is 10.9 Å². The van der Waals surface area contributed by atoms with E-state index < -0.39 is 15.8 Å². The van der Waals surface area contributed by atoms with Crippen molar-refractivity contribution in [1.29, 1.82) is 0 Å². The van der Waals surface area contributed by atoms with Crippen molar-refractivity contribution in [3.63, 3.8) is 0 Å². The van der Waals surface area contributed by atoms with Gasteiger partial charge in [0.15, 0.2) is 0 Å². The number of aromatic nitrogens is 2. The number of halogens is 1. The van der Waals surface area contributed by atoms with E-state index in [1.165, 1.54) is 24.4 Å². The third-order valence-corrected chi connectivity index (χ3v) is 4.84. The third-order valence-electron chi connectivity index (χ3n) is 3.43. The van der Waals surface area contributed by atoms with E-state index in [0.29, 0.717) is 12.2 Å². The molecule has 118 valence electrons. The first-order valence-corrected chi connectivity index (χ1v) is 8.44. The smallest absolute Gasteiger partial charge is 0.264 e. The summed E-state index contributed by atoms with van der Waals surface area (Å²) in [4.78, 5) is -0.387. The predicted octanol–water partition coefficient (Wildman–Crippen LogP) is 2.00. The molecule has 0 radical (unpaired) electrons. The second kappa shape index (κ2) is 6.05. The van der Waals surface area contributed by atoms with Crippen LogP contribution in [0.4, 0.5) is 10.1 Å². The highest BCUT2D eigenvalue weighted by atomic mass is 32.2. The Hall–Kier alpha value is -1.93. The minimum absolute atomic E-state index is 0.107. The predicted molar refractivity (Wildman–Crippen MR) is 78.4 cm³/mol. The molecule has 0 spiro atoms. The number of rotatable bonds is 5. The van der Waals surface area contributed by atoms with Crippen LogP contribution in [0.5, 0.6) is 0 Å². The number of ether oxygens (including phenoxy) is 1. The summed E-state index contributed by atoms with van der Waals surface area (Å²) in [6, 6.07) is 5.23. The average molecular weight is 325 g/mol. The van der Waals surface area contributed by atoms with E-state index >= 15 is 0 Å². The monoisotopic (exact) mass is 325 g/mol. The molecule has 2 heterocycles. The first-order chi connectivity index (χ1) is 10.5. The number of nitrogens with one attached hydrogen (secondary N) is 1. The van der Waals surface area contributed by atoms with Gasteiger partial charge in [-0.15, -0.1) is 0 Å². The molecule has 3 rings (SSSR count). The topological polar surface area (TPSA) is 73.2 Å². The Morgan fingerprint density at radius 2 is 2.23 bits per heavy atom. The zero-order valence-electron chi connectivity index (χ0n) is 11.8. The van der Waals surface area contributed by atoms with Crippen LogP contribution < -0.4 is 4.72 Å². The fourth-order valence-electron chi connectivity index (χ4n) is 2.39. The molecule has 22 heavy (non-hydrogen) atoms. The molecule has 1 aromatic carbocycles. The summed E-state index contributed by atoms with van der Waals surface area (Å²) in [5.74, 6) is -0.790. The second-order valence-corrected chi connectivity index (χ2v) is 6.77. The molecule has 0 saturated carbocycles. The highest BCUT2D eigenvalue weighted by Crippen LogP contribution is 2.19. The van der Waals surface area contributed by atoms with Gasteiger partial charge in [0.25, 0.3) is 10.0 Å². The summed E-state index contributed by atoms with van der Waals surface area (Å²) in [7, 11) is -3.97. The number of hydrogen-bond donors (Lipinski definition) is 1. The minimum Gasteiger partial charge on any atom is -0.376 e. The largest absolute Gasteiger partial charge is 0.376 e. The zero-order valence-corrected chi connectivity index (χ0v) is 12.6. The Labute approximate surface area is 128 Å². The van der Waals surface area contributed by atoms with E-state index in [4.69, 9.17) is 4.74 Å². The van der Waals surface area contributed by atoms with E-state index in [2.05, 4.69) is 9.82 Å². The fraction of sp³-hybridized carbons (Fsp3) is 0.357. The molecule has 1 aliphatic heterocycles. The van der Waals surface area contributed by atoms with Gasteiger partial charge in [0.1, 0.15) is 10.7 Å². The molecular formula is C14H16FN3O3S. The van der Waals surface area contributed by atoms with Gasteiger partial charge in [0.2, 0.25) is 0 Å². The average Bonchev–Trinajstić information content (AvgIpc) is 3.11. The van der Waals surface area contributed by atoms with Crippen LogP contribution in [0.3, 0.4) is 0 Å². The van der Waals surface area contributed by atoms with Crippen LogP contribution in [0.1, 0.15) is 12.8 Å². The highest BCUT2D eigenvalue weighted by molar-refractivity contribution is 7.92. The molecule has 1 saturated heterocycles. The molecule has 0 unspecified atom stereocenters. The van der Waals surface area contributed by atoms with Gasteiger partial charge in [0.05, 0.1) is 24.5 Å². The van der Waals surface area contributed by atoms with Gasteiger partial charge in [-0.05, 0) is 25.0 Å². The Morgan fingerprint density at radius 3 is 2.95 bits per heavy atom. The number of hydrogen-bond acceptors (Lipinski definition) is 4. The summed E-state index contributed by atoms with van der Waals surface area (Å²) >= 11 is 0. The van der Waals surface area contributed by atoms with Crippen molar-refractivity contribution in [1.82, 2.24) is 9.78 Å². The van der Waals surface area contributed by atoms with Crippen LogP contribution in [0.15, 0.2) is 41.6 Å². The first-order valence-electron chi connectivity index (χ1n) is 6.96. The van der Waals surface area contributed by atoms with Gasteiger partial charge in [-0.3, -0.25) is 9.40 Å². The number of anilines is 1. The SMILES string of the molecule is O=S(=O)(Nc1cnn(C[C@@H]2CCCO2)c1)c1ccccc1F. The zero-order chi connectivity index (χ0) is 15.6. The van der Waals surface area contributed by atoms with Crippen LogP contribution in [0.2, 0.25) is 0 Å². The Balaban J connectivity index is 1.73. The maximum atomic E-state index is 13.6. The van der Waals surface area contributed by atoms with Crippen LogP contribution in [-0.2, 0) is 21.3 Å². The van der Waals surface area contributed by atoms with Crippen molar-refractivity contribution in [2.75, 3.05) is 11.3 Å². The molecule has 1 aromatic heterocycles. The normalized spacial score (nSPS) is 18.5. The Bertz CT molecular complexity index is 754. The summed E-state index contributed by atoms with van der Waals surface area (Å²) in [5, 5.41) is 4.10. The van der Waals surface area contributed by atoms with Crippen molar-refractivity contribution in [3.8, 4) is 0 Å². The molecule has 1 fully saturated rings. The van der Waals surface area contributed by atoms with Gasteiger partial charge in [-0.25, -0.2) is 12.8 Å². The maximum absolute atomic E-state index is 13.6. The maximum Gasteiger partial charge on any atom is 0.264 e. The fourth-order valence-corrected chi connectivity index (χ4v) is 3.49. The van der Waals surface area contributed by atoms with Crippen LogP contribution in [0.25, 0.3) is 0 Å². The van der Waals surface area contributed by atoms with Gasteiger partial charge in [0, 0.05) is 12.8 Å². The summed E-state index contributed by atoms with van der Waals surface area (Å²) in [6.07, 6.45) is 5.07. The van der Waals surface area contributed by atoms with Crippen LogP contribution >= 0.6 is 0 Å². The summed E-state index contributed by atoms with van der Waals surface area (Å²) < 4.78 is 47.4. The number of sulfonamides is 1. The molecule has 0 amide bonds. The number of nitrogens with zero attached hydrogens (tertiary/aromatic N) is 2. The van der Waals surface area contributed by atoms with Gasteiger partial charge in [-0.1, -0.05) is 12.1 Å². The lowest BCUT2D eigenvalue weighted by atomic mass is 10.2. The van der Waals surface area contributed by atoms with Gasteiger partial charge >= 0.3 is 0 Å². The van der Waals surface area contributed by atoms with Crippen molar-refractivity contribution in [2.24, 2.45) is 0 Å². The van der Waals surface area contributed by atoms with E-state index in [-0.39, 0.29) is 11.0 Å². The molecule has 0 aliphatic carbocycles. The Morgan fingerprint density at radius 1 is 1.41 bits per heavy atom. The molecule has 1 N–H and O–H groups in total. The van der Waals surface area contributed by atoms with Crippen LogP contribution in [0, 0.1) is 5.82 Å². The molecule has 2 aromatic rings. The molecular weight excluding hydrogens is 309 g/mol. The lowest BCUT2D eigenvalue weighted by molar-refractivity contribution is 0.0940. The van der Waals surface area contributed by atoms with Crippen molar-refractivity contribution in [2.45, 2.75) is 30.4 Å². The molecule has 0 bridgehead atoms. The second-order valence-electron chi connectivity index (χ2n) is 5.12. The van der Waals surface area contributed by atoms with E-state index in [9.17, 15) is 12.8 Å².